The van der Waals surface area contributed by atoms with Crippen molar-refractivity contribution in [2.75, 3.05) is 20.5 Å². The summed E-state index contributed by atoms with van der Waals surface area (Å²) in [5.41, 5.74) is 0.736. The van der Waals surface area contributed by atoms with E-state index in [0.717, 1.165) is 25.7 Å². The molecule has 0 saturated carbocycles. The molecule has 0 heterocycles. The third-order valence-electron chi connectivity index (χ3n) is 5.34. The number of benzene rings is 2. The van der Waals surface area contributed by atoms with Gasteiger partial charge in [-0.05, 0) is 41.0 Å². The molecule has 0 aliphatic heterocycles. The summed E-state index contributed by atoms with van der Waals surface area (Å²) in [6.45, 7) is 5.65. The molecule has 6 heteroatoms. The van der Waals surface area contributed by atoms with Crippen LogP contribution in [0.5, 0.6) is 0 Å². The molecule has 0 aromatic heterocycles. The Kier molecular flexibility index (Phi) is 9.91. The minimum absolute atomic E-state index is 0.114. The number of carboxylic acids is 1. The van der Waals surface area contributed by atoms with Gasteiger partial charge in [0.2, 0.25) is 0 Å². The minimum atomic E-state index is -1.26. The van der Waals surface area contributed by atoms with Gasteiger partial charge in [0.25, 0.3) is 0 Å². The molecule has 0 aliphatic carbocycles. The number of unbranched alkanes of at least 4 members (excludes halogenated alkanes) is 2. The number of hydrogen-bond donors (Lipinski definition) is 2. The van der Waals surface area contributed by atoms with Crippen LogP contribution in [-0.4, -0.2) is 55.0 Å². The number of rotatable bonds is 13. The van der Waals surface area contributed by atoms with Crippen LogP contribution >= 0.6 is 0 Å². The molecule has 2 N–H and O–H groups in total. The van der Waals surface area contributed by atoms with Crippen LogP contribution in [0, 0.1) is 5.41 Å². The minimum Gasteiger partial charge on any atom is -0.479 e. The molecule has 6 nitrogen and oxygen atoms in total. The van der Waals surface area contributed by atoms with Crippen LogP contribution < -0.4 is 0 Å². The van der Waals surface area contributed by atoms with Gasteiger partial charge in [-0.3, -0.25) is 0 Å². The van der Waals surface area contributed by atoms with E-state index >= 15 is 0 Å². The second-order valence-electron chi connectivity index (χ2n) is 8.97. The smallest absolute Gasteiger partial charge is 0.335 e. The summed E-state index contributed by atoms with van der Waals surface area (Å²) in [6, 6.07) is 14.8. The van der Waals surface area contributed by atoms with Crippen LogP contribution in [0.15, 0.2) is 42.5 Å². The van der Waals surface area contributed by atoms with E-state index in [-0.39, 0.29) is 6.79 Å². The van der Waals surface area contributed by atoms with Crippen LogP contribution in [0.1, 0.15) is 45.6 Å². The largest absolute Gasteiger partial charge is 0.479 e. The average Bonchev–Trinajstić information content (AvgIpc) is 2.73. The van der Waals surface area contributed by atoms with E-state index in [1.807, 2.05) is 32.9 Å². The second-order valence-corrected chi connectivity index (χ2v) is 8.97. The number of methoxy groups -OCH3 is 1. The van der Waals surface area contributed by atoms with Crippen molar-refractivity contribution < 1.29 is 29.2 Å². The number of aliphatic carboxylic acids is 1. The predicted molar refractivity (Wildman–Crippen MR) is 121 cm³/mol. The molecule has 3 atom stereocenters. The quantitative estimate of drug-likeness (QED) is 0.360. The molecule has 0 saturated heterocycles. The lowest BCUT2D eigenvalue weighted by Gasteiger charge is -2.35. The fraction of sp³-hybridized carbons (Fsp3) is 0.560. The van der Waals surface area contributed by atoms with Crippen LogP contribution in [-0.2, 0) is 25.4 Å². The third kappa shape index (κ3) is 7.89. The zero-order valence-corrected chi connectivity index (χ0v) is 19.0. The Balaban J connectivity index is 1.82. The van der Waals surface area contributed by atoms with E-state index in [4.69, 9.17) is 14.2 Å². The lowest BCUT2D eigenvalue weighted by atomic mass is 9.84. The average molecular weight is 433 g/mol. The summed E-state index contributed by atoms with van der Waals surface area (Å²) >= 11 is 0. The van der Waals surface area contributed by atoms with Gasteiger partial charge < -0.3 is 24.4 Å². The first-order valence-electron chi connectivity index (χ1n) is 10.8. The summed E-state index contributed by atoms with van der Waals surface area (Å²) in [4.78, 5) is 11.8. The van der Waals surface area contributed by atoms with Gasteiger partial charge in [0.05, 0.1) is 6.10 Å². The van der Waals surface area contributed by atoms with Crippen molar-refractivity contribution in [3.63, 3.8) is 0 Å². The number of aliphatic hydroxyl groups is 1. The van der Waals surface area contributed by atoms with Crippen molar-refractivity contribution in [3.05, 3.63) is 48.0 Å². The van der Waals surface area contributed by atoms with Gasteiger partial charge in [-0.1, -0.05) is 69.7 Å². The monoisotopic (exact) mass is 432 g/mol. The van der Waals surface area contributed by atoms with Crippen LogP contribution in [0.25, 0.3) is 10.8 Å². The number of aryl methyl sites for hydroxylation is 1. The number of hydrogen-bond acceptors (Lipinski definition) is 5. The highest BCUT2D eigenvalue weighted by Gasteiger charge is 2.40. The van der Waals surface area contributed by atoms with Gasteiger partial charge in [-0.25, -0.2) is 4.79 Å². The van der Waals surface area contributed by atoms with Crippen LogP contribution in [0.2, 0.25) is 0 Å². The molecule has 2 aromatic rings. The summed E-state index contributed by atoms with van der Waals surface area (Å²) in [7, 11) is 1.45. The Hall–Kier alpha value is -1.99. The Morgan fingerprint density at radius 1 is 1.00 bits per heavy atom. The highest BCUT2D eigenvalue weighted by atomic mass is 16.7. The number of fused-ring (bicyclic) bond motifs is 1. The maximum Gasteiger partial charge on any atom is 0.335 e. The predicted octanol–water partition coefficient (Wildman–Crippen LogP) is 4.42. The zero-order chi connectivity index (χ0) is 22.9. The maximum atomic E-state index is 11.8. The number of aliphatic hydroxyl groups excluding tert-OH is 1. The first kappa shape index (κ1) is 25.3. The SMILES string of the molecule is COCO[C@@H](C(O)C(C)(C)C)[C@@H](OCCCCCc1ccc2ccccc2c1)C(=O)O. The Labute approximate surface area is 185 Å². The van der Waals surface area contributed by atoms with Crippen molar-refractivity contribution in [1.29, 1.82) is 0 Å². The van der Waals surface area contributed by atoms with E-state index in [1.165, 1.54) is 23.4 Å². The Morgan fingerprint density at radius 3 is 2.35 bits per heavy atom. The molecular weight excluding hydrogens is 396 g/mol. The molecule has 0 fully saturated rings. The molecule has 0 radical (unpaired) electrons. The Morgan fingerprint density at radius 2 is 1.71 bits per heavy atom. The van der Waals surface area contributed by atoms with E-state index in [2.05, 4.69) is 30.3 Å². The van der Waals surface area contributed by atoms with Crippen molar-refractivity contribution in [1.82, 2.24) is 0 Å². The lowest BCUT2D eigenvalue weighted by Crippen LogP contribution is -2.51. The van der Waals surface area contributed by atoms with Gasteiger partial charge in [0.15, 0.2) is 6.10 Å². The lowest BCUT2D eigenvalue weighted by molar-refractivity contribution is -0.197. The van der Waals surface area contributed by atoms with Gasteiger partial charge >= 0.3 is 5.97 Å². The van der Waals surface area contributed by atoms with Crippen molar-refractivity contribution in [3.8, 4) is 0 Å². The normalized spacial score (nSPS) is 15.0. The van der Waals surface area contributed by atoms with E-state index in [1.54, 1.807) is 0 Å². The fourth-order valence-corrected chi connectivity index (χ4v) is 3.50. The van der Waals surface area contributed by atoms with Crippen molar-refractivity contribution >= 4 is 16.7 Å². The van der Waals surface area contributed by atoms with Crippen molar-refractivity contribution in [2.45, 2.75) is 64.8 Å². The van der Waals surface area contributed by atoms with Crippen LogP contribution in [0.3, 0.4) is 0 Å². The molecular formula is C25H36O6. The van der Waals surface area contributed by atoms with E-state index in [9.17, 15) is 15.0 Å². The first-order chi connectivity index (χ1) is 14.7. The van der Waals surface area contributed by atoms with E-state index in [0.29, 0.717) is 6.61 Å². The molecule has 0 amide bonds. The summed E-state index contributed by atoms with van der Waals surface area (Å²) < 4.78 is 16.1. The molecule has 2 rings (SSSR count). The van der Waals surface area contributed by atoms with Gasteiger partial charge in [0, 0.05) is 13.7 Å². The number of carbonyl (C=O) groups is 1. The second kappa shape index (κ2) is 12.2. The third-order valence-corrected chi connectivity index (χ3v) is 5.34. The van der Waals surface area contributed by atoms with Gasteiger partial charge in [-0.2, -0.15) is 0 Å². The number of carboxylic acid groups (broad SMARTS) is 1. The van der Waals surface area contributed by atoms with Crippen molar-refractivity contribution in [2.24, 2.45) is 5.41 Å². The Bertz CT molecular complexity index is 813. The molecule has 0 bridgehead atoms. The molecule has 0 aliphatic rings. The summed E-state index contributed by atoms with van der Waals surface area (Å²) in [5.74, 6) is -1.15. The maximum absolute atomic E-state index is 11.8. The van der Waals surface area contributed by atoms with Gasteiger partial charge in [-0.15, -0.1) is 0 Å². The highest BCUT2D eigenvalue weighted by molar-refractivity contribution is 5.82. The van der Waals surface area contributed by atoms with Crippen LogP contribution in [0.4, 0.5) is 0 Å². The molecule has 31 heavy (non-hydrogen) atoms. The van der Waals surface area contributed by atoms with Gasteiger partial charge in [0.1, 0.15) is 12.9 Å². The molecule has 2 aromatic carbocycles. The highest BCUT2D eigenvalue weighted by Crippen LogP contribution is 2.26. The van der Waals surface area contributed by atoms with E-state index < -0.39 is 29.7 Å². The fourth-order valence-electron chi connectivity index (χ4n) is 3.50. The summed E-state index contributed by atoms with van der Waals surface area (Å²) in [5, 5.41) is 22.7. The zero-order valence-electron chi connectivity index (χ0n) is 19.0. The topological polar surface area (TPSA) is 85.2 Å². The summed E-state index contributed by atoms with van der Waals surface area (Å²) in [6.07, 6.45) is 0.324. The molecule has 0 spiro atoms. The molecule has 172 valence electrons. The first-order valence-corrected chi connectivity index (χ1v) is 10.8. The number of ether oxygens (including phenoxy) is 3. The molecule has 1 unspecified atom stereocenters. The standard InChI is InChI=1S/C25H36O6/c1-25(2,3)23(26)21(31-17-29-4)22(24(27)28)30-15-9-5-6-10-18-13-14-19-11-7-8-12-20(19)16-18/h7-8,11-14,16,21-23,26H,5-6,9-10,15,17H2,1-4H3,(H,27,28)/t21-,22-,23?/m1/s1.